The maximum absolute atomic E-state index is 11.5. The van der Waals surface area contributed by atoms with E-state index < -0.39 is 10.0 Å². The van der Waals surface area contributed by atoms with E-state index in [2.05, 4.69) is 25.6 Å². The zero-order valence-corrected chi connectivity index (χ0v) is 11.4. The molecule has 1 aromatic heterocycles. The minimum Gasteiger partial charge on any atom is -0.384 e. The van der Waals surface area contributed by atoms with Crippen molar-refractivity contribution < 1.29 is 13.2 Å². The van der Waals surface area contributed by atoms with Crippen LogP contribution in [0.2, 0.25) is 0 Å². The summed E-state index contributed by atoms with van der Waals surface area (Å²) in [6.07, 6.45) is 0. The van der Waals surface area contributed by atoms with Crippen LogP contribution in [0.3, 0.4) is 0 Å². The van der Waals surface area contributed by atoms with Gasteiger partial charge in [0.2, 0.25) is 10.0 Å². The zero-order valence-electron chi connectivity index (χ0n) is 9.03. The second-order valence-corrected chi connectivity index (χ2v) is 5.87. The lowest BCUT2D eigenvalue weighted by Gasteiger charge is -2.07. The third-order valence-corrected chi connectivity index (χ3v) is 3.90. The number of rotatable bonds is 5. The van der Waals surface area contributed by atoms with E-state index in [-0.39, 0.29) is 12.4 Å². The van der Waals surface area contributed by atoms with Crippen molar-refractivity contribution in [3.63, 3.8) is 0 Å². The molecule has 7 heteroatoms. The van der Waals surface area contributed by atoms with Crippen LogP contribution < -0.4 is 4.72 Å². The Bertz CT molecular complexity index is 462. The van der Waals surface area contributed by atoms with Crippen LogP contribution in [0, 0.1) is 6.92 Å². The molecule has 1 N–H and O–H groups in total. The van der Waals surface area contributed by atoms with Crippen molar-refractivity contribution in [2.24, 2.45) is 0 Å². The second-order valence-electron chi connectivity index (χ2n) is 3.18. The van der Waals surface area contributed by atoms with E-state index in [1.807, 2.05) is 0 Å². The molecule has 1 rings (SSSR count). The molecule has 0 spiro atoms. The highest BCUT2D eigenvalue weighted by molar-refractivity contribution is 9.10. The van der Waals surface area contributed by atoms with Crippen molar-refractivity contribution in [2.45, 2.75) is 6.92 Å². The maximum atomic E-state index is 11.5. The Labute approximate surface area is 103 Å². The standard InChI is InChI=1S/C9H13BrN2O3S/c1-7-8(10)3-4-9(11-7)12-16(13,14)6-5-15-2/h3-4H,5-6H2,1-2H3,(H,11,12). The predicted molar refractivity (Wildman–Crippen MR) is 66.0 cm³/mol. The number of sulfonamides is 1. The maximum Gasteiger partial charge on any atom is 0.236 e. The van der Waals surface area contributed by atoms with Crippen molar-refractivity contribution in [1.82, 2.24) is 4.98 Å². The molecule has 0 aliphatic rings. The van der Waals surface area contributed by atoms with E-state index in [1.54, 1.807) is 19.1 Å². The number of aryl methyl sites for hydroxylation is 1. The normalized spacial score (nSPS) is 11.4. The lowest BCUT2D eigenvalue weighted by Crippen LogP contribution is -2.20. The number of aromatic nitrogens is 1. The van der Waals surface area contributed by atoms with Crippen molar-refractivity contribution in [1.29, 1.82) is 0 Å². The van der Waals surface area contributed by atoms with E-state index >= 15 is 0 Å². The SMILES string of the molecule is COCCS(=O)(=O)Nc1ccc(Br)c(C)n1. The number of pyridine rings is 1. The molecule has 0 aromatic carbocycles. The first-order valence-corrected chi connectivity index (χ1v) is 7.02. The molecular weight excluding hydrogens is 296 g/mol. The van der Waals surface area contributed by atoms with Gasteiger partial charge < -0.3 is 4.74 Å². The van der Waals surface area contributed by atoms with Gasteiger partial charge in [0.25, 0.3) is 0 Å². The summed E-state index contributed by atoms with van der Waals surface area (Å²) < 4.78 is 31.0. The summed E-state index contributed by atoms with van der Waals surface area (Å²) in [5.74, 6) is 0.233. The van der Waals surface area contributed by atoms with Gasteiger partial charge in [0.05, 0.1) is 18.1 Å². The van der Waals surface area contributed by atoms with Gasteiger partial charge in [0, 0.05) is 11.6 Å². The molecule has 0 amide bonds. The fourth-order valence-corrected chi connectivity index (χ4v) is 2.15. The Morgan fingerprint density at radius 2 is 2.19 bits per heavy atom. The fraction of sp³-hybridized carbons (Fsp3) is 0.444. The summed E-state index contributed by atoms with van der Waals surface area (Å²) >= 11 is 3.29. The molecule has 0 saturated carbocycles. The predicted octanol–water partition coefficient (Wildman–Crippen LogP) is 1.54. The van der Waals surface area contributed by atoms with E-state index in [0.29, 0.717) is 5.82 Å². The number of anilines is 1. The van der Waals surface area contributed by atoms with Crippen LogP contribution in [0.1, 0.15) is 5.69 Å². The van der Waals surface area contributed by atoms with E-state index in [0.717, 1.165) is 10.2 Å². The highest BCUT2D eigenvalue weighted by Crippen LogP contribution is 2.16. The summed E-state index contributed by atoms with van der Waals surface area (Å²) in [7, 11) is -1.92. The number of nitrogens with one attached hydrogen (secondary N) is 1. The lowest BCUT2D eigenvalue weighted by molar-refractivity contribution is 0.217. The first kappa shape index (κ1) is 13.4. The van der Waals surface area contributed by atoms with Gasteiger partial charge >= 0.3 is 0 Å². The van der Waals surface area contributed by atoms with Crippen LogP contribution in [0.25, 0.3) is 0 Å². The van der Waals surface area contributed by atoms with Gasteiger partial charge in [0.15, 0.2) is 0 Å². The monoisotopic (exact) mass is 308 g/mol. The number of ether oxygens (including phenoxy) is 1. The number of methoxy groups -OCH3 is 1. The van der Waals surface area contributed by atoms with Gasteiger partial charge in [0.1, 0.15) is 5.82 Å². The first-order valence-electron chi connectivity index (χ1n) is 4.57. The van der Waals surface area contributed by atoms with Crippen molar-refractivity contribution >= 4 is 31.8 Å². The van der Waals surface area contributed by atoms with Gasteiger partial charge in [-0.3, -0.25) is 4.72 Å². The molecule has 0 aliphatic carbocycles. The van der Waals surface area contributed by atoms with Gasteiger partial charge in [-0.25, -0.2) is 13.4 Å². The Balaban J connectivity index is 2.76. The Morgan fingerprint density at radius 3 is 2.75 bits per heavy atom. The minimum absolute atomic E-state index is 0.0830. The number of halogens is 1. The second kappa shape index (κ2) is 5.60. The number of hydrogen-bond donors (Lipinski definition) is 1. The summed E-state index contributed by atoms with van der Waals surface area (Å²) in [6, 6.07) is 3.35. The molecule has 0 saturated heterocycles. The highest BCUT2D eigenvalue weighted by atomic mass is 79.9. The molecule has 1 aromatic rings. The highest BCUT2D eigenvalue weighted by Gasteiger charge is 2.11. The Hall–Kier alpha value is -0.660. The van der Waals surface area contributed by atoms with Gasteiger partial charge in [-0.1, -0.05) is 0 Å². The molecule has 1 heterocycles. The molecule has 0 bridgehead atoms. The molecule has 0 aliphatic heterocycles. The third kappa shape index (κ3) is 4.07. The number of nitrogens with zero attached hydrogens (tertiary/aromatic N) is 1. The van der Waals surface area contributed by atoms with Gasteiger partial charge in [-0.15, -0.1) is 0 Å². The molecule has 0 radical (unpaired) electrons. The van der Waals surface area contributed by atoms with Gasteiger partial charge in [-0.2, -0.15) is 0 Å². The molecule has 16 heavy (non-hydrogen) atoms. The molecule has 0 fully saturated rings. The summed E-state index contributed by atoms with van der Waals surface area (Å²) in [5, 5.41) is 0. The van der Waals surface area contributed by atoms with Gasteiger partial charge in [-0.05, 0) is 35.0 Å². The average molecular weight is 309 g/mol. The van der Waals surface area contributed by atoms with Crippen LogP contribution in [-0.4, -0.2) is 32.9 Å². The number of hydrogen-bond acceptors (Lipinski definition) is 4. The van der Waals surface area contributed by atoms with Crippen LogP contribution >= 0.6 is 15.9 Å². The van der Waals surface area contributed by atoms with Crippen LogP contribution in [0.4, 0.5) is 5.82 Å². The van der Waals surface area contributed by atoms with Crippen molar-refractivity contribution in [3.05, 3.63) is 22.3 Å². The van der Waals surface area contributed by atoms with Crippen molar-refractivity contribution in [3.8, 4) is 0 Å². The van der Waals surface area contributed by atoms with E-state index in [4.69, 9.17) is 4.74 Å². The minimum atomic E-state index is -3.38. The topological polar surface area (TPSA) is 68.3 Å². The largest absolute Gasteiger partial charge is 0.384 e. The smallest absolute Gasteiger partial charge is 0.236 e. The quantitative estimate of drug-likeness (QED) is 0.896. The van der Waals surface area contributed by atoms with Crippen molar-refractivity contribution in [2.75, 3.05) is 24.2 Å². The van der Waals surface area contributed by atoms with Crippen LogP contribution in [0.15, 0.2) is 16.6 Å². The lowest BCUT2D eigenvalue weighted by atomic mass is 10.4. The first-order chi connectivity index (χ1) is 7.44. The average Bonchev–Trinajstić information content (AvgIpc) is 2.20. The Morgan fingerprint density at radius 1 is 1.50 bits per heavy atom. The van der Waals surface area contributed by atoms with E-state index in [9.17, 15) is 8.42 Å². The summed E-state index contributed by atoms with van der Waals surface area (Å²) in [4.78, 5) is 4.09. The summed E-state index contributed by atoms with van der Waals surface area (Å²) in [5.41, 5.74) is 0.729. The fourth-order valence-electron chi connectivity index (χ4n) is 1.00. The molecule has 0 unspecified atom stereocenters. The molecule has 0 atom stereocenters. The van der Waals surface area contributed by atoms with E-state index in [1.165, 1.54) is 7.11 Å². The Kier molecular flexibility index (Phi) is 4.69. The molecular formula is C9H13BrN2O3S. The third-order valence-electron chi connectivity index (χ3n) is 1.84. The van der Waals surface area contributed by atoms with Crippen LogP contribution in [-0.2, 0) is 14.8 Å². The zero-order chi connectivity index (χ0) is 12.2. The molecule has 90 valence electrons. The summed E-state index contributed by atoms with van der Waals surface area (Å²) in [6.45, 7) is 1.95. The molecule has 5 nitrogen and oxygen atoms in total. The van der Waals surface area contributed by atoms with Crippen LogP contribution in [0.5, 0.6) is 0 Å².